The minimum atomic E-state index is -3.10. The number of rotatable bonds is 2. The molecule has 1 aliphatic carbocycles. The van der Waals surface area contributed by atoms with Gasteiger partial charge in [-0.25, -0.2) is 8.42 Å². The van der Waals surface area contributed by atoms with Crippen molar-refractivity contribution in [2.75, 3.05) is 18.8 Å². The Balaban J connectivity index is 1.93. The summed E-state index contributed by atoms with van der Waals surface area (Å²) in [5, 5.41) is 0.265. The van der Waals surface area contributed by atoms with Gasteiger partial charge in [0.2, 0.25) is 5.91 Å². The molecule has 3 rings (SSSR count). The van der Waals surface area contributed by atoms with Crippen molar-refractivity contribution in [3.63, 3.8) is 0 Å². The number of sulfone groups is 1. The molecule has 1 aromatic carbocycles. The maximum atomic E-state index is 13.5. The first kappa shape index (κ1) is 18.7. The fourth-order valence-corrected chi connectivity index (χ4v) is 5.67. The van der Waals surface area contributed by atoms with E-state index < -0.39 is 15.3 Å². The standard InChI is InChI=1S/C19H26ClNO3S/c1-15-8-11-21(12-13-25(15,23)24)18(22)19(9-3-2-4-10-19)16-6-5-7-17(20)14-16/h5-7,14-15H,2-4,8-13H2,1H3. The van der Waals surface area contributed by atoms with Gasteiger partial charge in [0, 0.05) is 18.1 Å². The second kappa shape index (κ2) is 7.28. The van der Waals surface area contributed by atoms with Gasteiger partial charge in [-0.2, -0.15) is 0 Å². The molecule has 4 nitrogen and oxygen atoms in total. The van der Waals surface area contributed by atoms with Crippen molar-refractivity contribution in [1.29, 1.82) is 0 Å². The van der Waals surface area contributed by atoms with E-state index in [1.807, 2.05) is 24.3 Å². The van der Waals surface area contributed by atoms with Crippen LogP contribution in [-0.4, -0.2) is 43.3 Å². The van der Waals surface area contributed by atoms with Crippen molar-refractivity contribution < 1.29 is 13.2 Å². The van der Waals surface area contributed by atoms with Crippen molar-refractivity contribution in [3.8, 4) is 0 Å². The van der Waals surface area contributed by atoms with Crippen LogP contribution < -0.4 is 0 Å². The van der Waals surface area contributed by atoms with Gasteiger partial charge in [-0.05, 0) is 43.9 Å². The topological polar surface area (TPSA) is 54.5 Å². The number of carbonyl (C=O) groups excluding carboxylic acids is 1. The van der Waals surface area contributed by atoms with Crippen molar-refractivity contribution >= 4 is 27.3 Å². The lowest BCUT2D eigenvalue weighted by Gasteiger charge is -2.40. The zero-order chi connectivity index (χ0) is 18.1. The fraction of sp³-hybridized carbons (Fsp3) is 0.632. The Bertz CT molecular complexity index is 741. The van der Waals surface area contributed by atoms with Crippen LogP contribution in [0, 0.1) is 0 Å². The molecule has 0 N–H and O–H groups in total. The van der Waals surface area contributed by atoms with Crippen LogP contribution in [0.25, 0.3) is 0 Å². The normalized spacial score (nSPS) is 26.0. The predicted octanol–water partition coefficient (Wildman–Crippen LogP) is 3.58. The van der Waals surface area contributed by atoms with E-state index in [-0.39, 0.29) is 16.9 Å². The highest BCUT2D eigenvalue weighted by Crippen LogP contribution is 2.42. The second-order valence-corrected chi connectivity index (χ2v) is 10.4. The summed E-state index contributed by atoms with van der Waals surface area (Å²) in [6, 6.07) is 7.62. The second-order valence-electron chi connectivity index (χ2n) is 7.41. The monoisotopic (exact) mass is 383 g/mol. The molecule has 0 radical (unpaired) electrons. The average molecular weight is 384 g/mol. The third kappa shape index (κ3) is 3.72. The van der Waals surface area contributed by atoms with E-state index in [0.29, 0.717) is 24.5 Å². The van der Waals surface area contributed by atoms with E-state index in [1.165, 1.54) is 0 Å². The van der Waals surface area contributed by atoms with Crippen LogP contribution in [0.4, 0.5) is 0 Å². The molecule has 2 fully saturated rings. The zero-order valence-corrected chi connectivity index (χ0v) is 16.3. The number of amides is 1. The van der Waals surface area contributed by atoms with Gasteiger partial charge in [-0.15, -0.1) is 0 Å². The Hall–Kier alpha value is -1.07. The number of hydrogen-bond acceptors (Lipinski definition) is 3. The lowest BCUT2D eigenvalue weighted by atomic mass is 9.68. The Kier molecular flexibility index (Phi) is 5.45. The summed E-state index contributed by atoms with van der Waals surface area (Å²) >= 11 is 6.19. The number of hydrogen-bond donors (Lipinski definition) is 0. The van der Waals surface area contributed by atoms with Crippen molar-refractivity contribution in [2.45, 2.75) is 56.1 Å². The fourth-order valence-electron chi connectivity index (χ4n) is 4.14. The van der Waals surface area contributed by atoms with Gasteiger partial charge in [-0.1, -0.05) is 43.0 Å². The molecule has 2 aliphatic rings. The van der Waals surface area contributed by atoms with Gasteiger partial charge >= 0.3 is 0 Å². The van der Waals surface area contributed by atoms with Crippen LogP contribution in [0.2, 0.25) is 5.02 Å². The summed E-state index contributed by atoms with van der Waals surface area (Å²) in [6.07, 6.45) is 5.30. The molecule has 1 atom stereocenters. The number of halogens is 1. The molecule has 0 aromatic heterocycles. The highest BCUT2D eigenvalue weighted by Gasteiger charge is 2.44. The van der Waals surface area contributed by atoms with E-state index in [2.05, 4.69) is 0 Å². The first-order valence-corrected chi connectivity index (χ1v) is 11.2. The van der Waals surface area contributed by atoms with Gasteiger partial charge < -0.3 is 4.90 Å². The minimum absolute atomic E-state index is 0.0610. The zero-order valence-electron chi connectivity index (χ0n) is 14.7. The van der Waals surface area contributed by atoms with E-state index in [9.17, 15) is 13.2 Å². The smallest absolute Gasteiger partial charge is 0.233 e. The highest BCUT2D eigenvalue weighted by molar-refractivity contribution is 7.92. The van der Waals surface area contributed by atoms with Gasteiger partial charge in [0.1, 0.15) is 0 Å². The number of carbonyl (C=O) groups is 1. The summed E-state index contributed by atoms with van der Waals surface area (Å²) in [7, 11) is -3.10. The molecular formula is C19H26ClNO3S. The van der Waals surface area contributed by atoms with Gasteiger partial charge in [-0.3, -0.25) is 4.79 Å². The molecule has 1 amide bonds. The SMILES string of the molecule is CC1CCN(C(=O)C2(c3cccc(Cl)c3)CCCCC2)CCS1(=O)=O. The molecule has 1 saturated heterocycles. The number of nitrogens with zero attached hydrogens (tertiary/aromatic N) is 1. The third-order valence-corrected chi connectivity index (χ3v) is 8.29. The average Bonchev–Trinajstić information content (AvgIpc) is 2.74. The highest BCUT2D eigenvalue weighted by atomic mass is 35.5. The largest absolute Gasteiger partial charge is 0.341 e. The van der Waals surface area contributed by atoms with E-state index in [0.717, 1.165) is 37.7 Å². The summed E-state index contributed by atoms with van der Waals surface area (Å²) in [5.41, 5.74) is 0.422. The third-order valence-electron chi connectivity index (χ3n) is 5.85. The van der Waals surface area contributed by atoms with E-state index in [4.69, 9.17) is 11.6 Å². The van der Waals surface area contributed by atoms with Crippen molar-refractivity contribution in [1.82, 2.24) is 4.90 Å². The minimum Gasteiger partial charge on any atom is -0.341 e. The van der Waals surface area contributed by atoms with Crippen LogP contribution in [0.15, 0.2) is 24.3 Å². The van der Waals surface area contributed by atoms with Crippen LogP contribution in [-0.2, 0) is 20.0 Å². The Morgan fingerprint density at radius 1 is 1.20 bits per heavy atom. The molecule has 0 spiro atoms. The van der Waals surface area contributed by atoms with Crippen LogP contribution >= 0.6 is 11.6 Å². The maximum absolute atomic E-state index is 13.5. The van der Waals surface area contributed by atoms with Gasteiger partial charge in [0.05, 0.1) is 16.4 Å². The lowest BCUT2D eigenvalue weighted by Crippen LogP contribution is -2.49. The van der Waals surface area contributed by atoms with Crippen LogP contribution in [0.3, 0.4) is 0 Å². The quantitative estimate of drug-likeness (QED) is 0.784. The Morgan fingerprint density at radius 2 is 1.92 bits per heavy atom. The van der Waals surface area contributed by atoms with Crippen LogP contribution in [0.5, 0.6) is 0 Å². The molecule has 1 saturated carbocycles. The van der Waals surface area contributed by atoms with E-state index >= 15 is 0 Å². The number of benzene rings is 1. The predicted molar refractivity (Wildman–Crippen MR) is 101 cm³/mol. The van der Waals surface area contributed by atoms with Crippen LogP contribution in [0.1, 0.15) is 51.0 Å². The molecule has 0 bridgehead atoms. The molecule has 1 unspecified atom stereocenters. The first-order valence-electron chi connectivity index (χ1n) is 9.12. The van der Waals surface area contributed by atoms with E-state index in [1.54, 1.807) is 11.8 Å². The molecule has 1 aromatic rings. The maximum Gasteiger partial charge on any atom is 0.233 e. The van der Waals surface area contributed by atoms with Gasteiger partial charge in [0.15, 0.2) is 9.84 Å². The summed E-state index contributed by atoms with van der Waals surface area (Å²) in [5.74, 6) is 0.143. The Morgan fingerprint density at radius 3 is 2.60 bits per heavy atom. The summed E-state index contributed by atoms with van der Waals surface area (Å²) < 4.78 is 24.4. The van der Waals surface area contributed by atoms with Gasteiger partial charge in [0.25, 0.3) is 0 Å². The van der Waals surface area contributed by atoms with Crippen molar-refractivity contribution in [2.24, 2.45) is 0 Å². The molecule has 25 heavy (non-hydrogen) atoms. The first-order chi connectivity index (χ1) is 11.8. The molecule has 1 heterocycles. The summed E-state index contributed by atoms with van der Waals surface area (Å²) in [6.45, 7) is 2.56. The molecular weight excluding hydrogens is 358 g/mol. The molecule has 138 valence electrons. The Labute approximate surface area is 155 Å². The molecule has 1 aliphatic heterocycles. The van der Waals surface area contributed by atoms with Crippen molar-refractivity contribution in [3.05, 3.63) is 34.9 Å². The lowest BCUT2D eigenvalue weighted by molar-refractivity contribution is -0.138. The summed E-state index contributed by atoms with van der Waals surface area (Å²) in [4.78, 5) is 15.3. The molecule has 6 heteroatoms.